The molecule has 1 atom stereocenters. The Labute approximate surface area is 87.6 Å². The molecule has 72 valence electrons. The van der Waals surface area contributed by atoms with E-state index in [0.29, 0.717) is 5.92 Å². The van der Waals surface area contributed by atoms with Crippen LogP contribution in [0.2, 0.25) is 0 Å². The van der Waals surface area contributed by atoms with Gasteiger partial charge >= 0.3 is 0 Å². The van der Waals surface area contributed by atoms with E-state index >= 15 is 0 Å². The fourth-order valence-corrected chi connectivity index (χ4v) is 2.53. The third-order valence-electron chi connectivity index (χ3n) is 3.25. The standard InChI is InChI=1S/C13H10N2/c1-2-4-12-11(3-1)14-13-10-6-5-9(7-10)8-15(12)13/h1-6,8,10H,7H2. The van der Waals surface area contributed by atoms with Crippen LogP contribution in [0.25, 0.3) is 17.2 Å². The molecular formula is C13H10N2. The molecule has 2 aliphatic rings. The summed E-state index contributed by atoms with van der Waals surface area (Å²) in [6, 6.07) is 8.33. The third kappa shape index (κ3) is 0.864. The van der Waals surface area contributed by atoms with Gasteiger partial charge in [-0.1, -0.05) is 24.3 Å². The van der Waals surface area contributed by atoms with Gasteiger partial charge in [0.2, 0.25) is 0 Å². The lowest BCUT2D eigenvalue weighted by atomic mass is 10.0. The number of allylic oxidation sites excluding steroid dienone is 3. The first-order chi connectivity index (χ1) is 7.42. The molecule has 1 aliphatic carbocycles. The third-order valence-corrected chi connectivity index (χ3v) is 3.25. The van der Waals surface area contributed by atoms with Crippen LogP contribution >= 0.6 is 0 Å². The maximum Gasteiger partial charge on any atom is 0.121 e. The number of aromatic nitrogens is 2. The molecule has 0 N–H and O–H groups in total. The minimum absolute atomic E-state index is 0.498. The second kappa shape index (κ2) is 2.40. The predicted molar refractivity (Wildman–Crippen MR) is 60.5 cm³/mol. The van der Waals surface area contributed by atoms with Crippen molar-refractivity contribution in [2.24, 2.45) is 0 Å². The van der Waals surface area contributed by atoms with Gasteiger partial charge in [-0.25, -0.2) is 4.98 Å². The molecule has 0 amide bonds. The van der Waals surface area contributed by atoms with Gasteiger partial charge in [0.15, 0.2) is 0 Å². The Morgan fingerprint density at radius 3 is 3.20 bits per heavy atom. The highest BCUT2D eigenvalue weighted by molar-refractivity contribution is 5.79. The van der Waals surface area contributed by atoms with Crippen molar-refractivity contribution in [1.29, 1.82) is 0 Å². The van der Waals surface area contributed by atoms with Gasteiger partial charge < -0.3 is 4.57 Å². The Morgan fingerprint density at radius 2 is 2.20 bits per heavy atom. The molecule has 0 saturated carbocycles. The lowest BCUT2D eigenvalue weighted by molar-refractivity contribution is 0.763. The maximum absolute atomic E-state index is 4.70. The topological polar surface area (TPSA) is 17.8 Å². The molecule has 2 heterocycles. The first-order valence-electron chi connectivity index (χ1n) is 5.27. The number of imidazole rings is 1. The molecule has 0 saturated heterocycles. The van der Waals surface area contributed by atoms with E-state index in [2.05, 4.69) is 41.1 Å². The van der Waals surface area contributed by atoms with Crippen molar-refractivity contribution in [3.8, 4) is 0 Å². The first-order valence-corrected chi connectivity index (χ1v) is 5.27. The number of fused-ring (bicyclic) bond motifs is 6. The summed E-state index contributed by atoms with van der Waals surface area (Å²) in [6.07, 6.45) is 7.82. The molecule has 1 aromatic carbocycles. The summed E-state index contributed by atoms with van der Waals surface area (Å²) in [5.74, 6) is 1.69. The summed E-state index contributed by atoms with van der Waals surface area (Å²) in [6.45, 7) is 0. The van der Waals surface area contributed by atoms with Gasteiger partial charge in [-0.2, -0.15) is 0 Å². The summed E-state index contributed by atoms with van der Waals surface area (Å²) < 4.78 is 2.23. The highest BCUT2D eigenvalue weighted by atomic mass is 15.1. The van der Waals surface area contributed by atoms with Gasteiger partial charge in [0.25, 0.3) is 0 Å². The molecule has 1 aliphatic heterocycles. The Hall–Kier alpha value is -1.83. The van der Waals surface area contributed by atoms with E-state index in [-0.39, 0.29) is 0 Å². The van der Waals surface area contributed by atoms with Gasteiger partial charge in [-0.15, -0.1) is 0 Å². The highest BCUT2D eigenvalue weighted by Crippen LogP contribution is 2.37. The van der Waals surface area contributed by atoms with E-state index in [1.807, 2.05) is 6.07 Å². The Kier molecular flexibility index (Phi) is 1.19. The minimum atomic E-state index is 0.498. The van der Waals surface area contributed by atoms with Gasteiger partial charge in [0.05, 0.1) is 11.0 Å². The fourth-order valence-electron chi connectivity index (χ4n) is 2.53. The number of hydrogen-bond donors (Lipinski definition) is 0. The molecule has 1 unspecified atom stereocenters. The monoisotopic (exact) mass is 194 g/mol. The van der Waals surface area contributed by atoms with E-state index in [4.69, 9.17) is 4.98 Å². The Balaban J connectivity index is 2.15. The highest BCUT2D eigenvalue weighted by Gasteiger charge is 2.25. The molecule has 2 heteroatoms. The Bertz CT molecular complexity index is 616. The van der Waals surface area contributed by atoms with E-state index in [1.165, 1.54) is 16.9 Å². The first kappa shape index (κ1) is 7.46. The van der Waals surface area contributed by atoms with Gasteiger partial charge in [-0.05, 0) is 24.1 Å². The number of hydrogen-bond acceptors (Lipinski definition) is 1. The van der Waals surface area contributed by atoms with Crippen molar-refractivity contribution in [1.82, 2.24) is 9.55 Å². The van der Waals surface area contributed by atoms with E-state index < -0.39 is 0 Å². The lowest BCUT2D eigenvalue weighted by Crippen LogP contribution is -2.05. The zero-order valence-corrected chi connectivity index (χ0v) is 8.22. The summed E-state index contributed by atoms with van der Waals surface area (Å²) in [5.41, 5.74) is 3.74. The number of rotatable bonds is 0. The van der Waals surface area contributed by atoms with Crippen molar-refractivity contribution in [3.05, 3.63) is 47.8 Å². The zero-order valence-electron chi connectivity index (χ0n) is 8.22. The zero-order chi connectivity index (χ0) is 9.83. The van der Waals surface area contributed by atoms with Crippen LogP contribution < -0.4 is 0 Å². The molecule has 1 aromatic heterocycles. The van der Waals surface area contributed by atoms with Crippen molar-refractivity contribution >= 4 is 17.2 Å². The van der Waals surface area contributed by atoms with Crippen LogP contribution in [-0.2, 0) is 0 Å². The summed E-state index contributed by atoms with van der Waals surface area (Å²) in [5, 5.41) is 0. The average Bonchev–Trinajstić information content (AvgIpc) is 2.83. The molecule has 2 aromatic rings. The maximum atomic E-state index is 4.70. The summed E-state index contributed by atoms with van der Waals surface area (Å²) in [7, 11) is 0. The normalized spacial score (nSPS) is 21.9. The van der Waals surface area contributed by atoms with E-state index in [1.54, 1.807) is 0 Å². The summed E-state index contributed by atoms with van der Waals surface area (Å²) in [4.78, 5) is 4.70. The van der Waals surface area contributed by atoms with Crippen molar-refractivity contribution in [2.75, 3.05) is 0 Å². The van der Waals surface area contributed by atoms with Crippen molar-refractivity contribution in [3.63, 3.8) is 0 Å². The second-order valence-electron chi connectivity index (χ2n) is 4.20. The van der Waals surface area contributed by atoms with Crippen molar-refractivity contribution in [2.45, 2.75) is 12.3 Å². The molecule has 4 rings (SSSR count). The Morgan fingerprint density at radius 1 is 1.27 bits per heavy atom. The lowest BCUT2D eigenvalue weighted by Gasteiger charge is -2.14. The van der Waals surface area contributed by atoms with Gasteiger partial charge in [-0.3, -0.25) is 0 Å². The molecule has 2 nitrogen and oxygen atoms in total. The van der Waals surface area contributed by atoms with Gasteiger partial charge in [0.1, 0.15) is 5.82 Å². The van der Waals surface area contributed by atoms with Gasteiger partial charge in [0, 0.05) is 12.1 Å². The number of benzene rings is 1. The molecular weight excluding hydrogens is 184 g/mol. The van der Waals surface area contributed by atoms with Crippen LogP contribution in [0.5, 0.6) is 0 Å². The molecule has 0 radical (unpaired) electrons. The smallest absolute Gasteiger partial charge is 0.121 e. The molecule has 2 bridgehead atoms. The van der Waals surface area contributed by atoms with Crippen LogP contribution in [0.3, 0.4) is 0 Å². The average molecular weight is 194 g/mol. The van der Waals surface area contributed by atoms with Crippen LogP contribution in [0.1, 0.15) is 18.2 Å². The van der Waals surface area contributed by atoms with Crippen LogP contribution in [0, 0.1) is 0 Å². The molecule has 0 spiro atoms. The predicted octanol–water partition coefficient (Wildman–Crippen LogP) is 2.93. The SMILES string of the molecule is C1=CC2CC1=Cn1c2nc2ccccc21. The fraction of sp³-hybridized carbons (Fsp3) is 0.154. The van der Waals surface area contributed by atoms with E-state index in [0.717, 1.165) is 11.9 Å². The number of para-hydroxylation sites is 2. The molecule has 0 fully saturated rings. The molecule has 15 heavy (non-hydrogen) atoms. The number of nitrogens with zero attached hydrogens (tertiary/aromatic N) is 2. The minimum Gasteiger partial charge on any atom is -0.302 e. The van der Waals surface area contributed by atoms with Crippen LogP contribution in [-0.4, -0.2) is 9.55 Å². The second-order valence-corrected chi connectivity index (χ2v) is 4.20. The van der Waals surface area contributed by atoms with Crippen LogP contribution in [0.15, 0.2) is 42.0 Å². The largest absolute Gasteiger partial charge is 0.302 e. The van der Waals surface area contributed by atoms with E-state index in [9.17, 15) is 0 Å². The van der Waals surface area contributed by atoms with Crippen LogP contribution in [0.4, 0.5) is 0 Å². The summed E-state index contributed by atoms with van der Waals surface area (Å²) >= 11 is 0. The van der Waals surface area contributed by atoms with Crippen molar-refractivity contribution < 1.29 is 0 Å². The quantitative estimate of drug-likeness (QED) is 0.630.